The molecule has 0 aromatic heterocycles. The minimum absolute atomic E-state index is 0.569. The van der Waals surface area contributed by atoms with Crippen molar-refractivity contribution in [2.45, 2.75) is 5.54 Å². The number of carbonyl (C=O) groups excluding carboxylic acids is 2. The molecule has 1 heterocycles. The summed E-state index contributed by atoms with van der Waals surface area (Å²) in [4.78, 5) is 20.7. The van der Waals surface area contributed by atoms with Crippen molar-refractivity contribution in [2.75, 3.05) is 0 Å². The van der Waals surface area contributed by atoms with E-state index in [1.54, 1.807) is 18.4 Å². The highest BCUT2D eigenvalue weighted by atomic mass is 16.1. The average Bonchev–Trinajstić information content (AvgIpc) is 2.06. The molecule has 3 nitrogen and oxygen atoms in total. The molecule has 0 atom stereocenters. The molecule has 1 N–H and O–H groups in total. The molecule has 0 spiro atoms. The van der Waals surface area contributed by atoms with Crippen LogP contribution in [0, 0.1) is 0 Å². The number of nitrogens with one attached hydrogen (secondary N) is 1. The number of hydrogen-bond acceptors (Lipinski definition) is 3. The SMILES string of the molecule is O=CC1(C=O)C=CC=CN1. The summed E-state index contributed by atoms with van der Waals surface area (Å²) in [6, 6.07) is 0. The van der Waals surface area contributed by atoms with Crippen LogP contribution in [-0.4, -0.2) is 18.1 Å². The maximum atomic E-state index is 10.3. The summed E-state index contributed by atoms with van der Waals surface area (Å²) in [6.45, 7) is 0. The summed E-state index contributed by atoms with van der Waals surface area (Å²) in [5.74, 6) is 0. The second kappa shape index (κ2) is 2.47. The summed E-state index contributed by atoms with van der Waals surface area (Å²) >= 11 is 0. The molecule has 0 unspecified atom stereocenters. The van der Waals surface area contributed by atoms with Gasteiger partial charge < -0.3 is 5.32 Å². The van der Waals surface area contributed by atoms with Crippen molar-refractivity contribution in [1.82, 2.24) is 5.32 Å². The van der Waals surface area contributed by atoms with Crippen LogP contribution in [0.3, 0.4) is 0 Å². The highest BCUT2D eigenvalue weighted by Crippen LogP contribution is 2.03. The molecular weight excluding hydrogens is 130 g/mol. The van der Waals surface area contributed by atoms with E-state index in [2.05, 4.69) is 5.32 Å². The van der Waals surface area contributed by atoms with E-state index in [1.165, 1.54) is 6.08 Å². The van der Waals surface area contributed by atoms with E-state index in [1.807, 2.05) is 0 Å². The van der Waals surface area contributed by atoms with Crippen molar-refractivity contribution in [3.63, 3.8) is 0 Å². The Morgan fingerprint density at radius 1 is 1.20 bits per heavy atom. The number of rotatable bonds is 2. The van der Waals surface area contributed by atoms with E-state index in [-0.39, 0.29) is 0 Å². The van der Waals surface area contributed by atoms with Crippen molar-refractivity contribution in [2.24, 2.45) is 0 Å². The number of dihydropyridines is 1. The fourth-order valence-corrected chi connectivity index (χ4v) is 0.685. The van der Waals surface area contributed by atoms with Gasteiger partial charge in [0.05, 0.1) is 0 Å². The first-order valence-electron chi connectivity index (χ1n) is 2.88. The Balaban J connectivity index is 2.85. The molecule has 1 rings (SSSR count). The van der Waals surface area contributed by atoms with Gasteiger partial charge in [-0.25, -0.2) is 0 Å². The third-order valence-electron chi connectivity index (χ3n) is 1.30. The van der Waals surface area contributed by atoms with Crippen molar-refractivity contribution in [1.29, 1.82) is 0 Å². The summed E-state index contributed by atoms with van der Waals surface area (Å²) in [7, 11) is 0. The zero-order chi connectivity index (χ0) is 7.45. The Bertz CT molecular complexity index is 198. The van der Waals surface area contributed by atoms with E-state index in [0.717, 1.165) is 0 Å². The second-order valence-electron chi connectivity index (χ2n) is 2.03. The van der Waals surface area contributed by atoms with Crippen LogP contribution in [0.4, 0.5) is 0 Å². The highest BCUT2D eigenvalue weighted by Gasteiger charge is 2.24. The van der Waals surface area contributed by atoms with E-state index in [0.29, 0.717) is 12.6 Å². The third-order valence-corrected chi connectivity index (χ3v) is 1.30. The van der Waals surface area contributed by atoms with Crippen molar-refractivity contribution >= 4 is 12.6 Å². The zero-order valence-corrected chi connectivity index (χ0v) is 5.28. The Hall–Kier alpha value is -1.38. The van der Waals surface area contributed by atoms with Gasteiger partial charge in [0.1, 0.15) is 0 Å². The van der Waals surface area contributed by atoms with Gasteiger partial charge in [-0.1, -0.05) is 6.08 Å². The molecule has 3 heteroatoms. The molecule has 1 aliphatic heterocycles. The van der Waals surface area contributed by atoms with Gasteiger partial charge in [0.25, 0.3) is 0 Å². The topological polar surface area (TPSA) is 46.2 Å². The van der Waals surface area contributed by atoms with Gasteiger partial charge in [-0.3, -0.25) is 9.59 Å². The molecule has 0 fully saturated rings. The lowest BCUT2D eigenvalue weighted by Gasteiger charge is -2.19. The maximum Gasteiger partial charge on any atom is 0.168 e. The maximum absolute atomic E-state index is 10.3. The van der Waals surface area contributed by atoms with Crippen LogP contribution < -0.4 is 5.32 Å². The van der Waals surface area contributed by atoms with Gasteiger partial charge in [-0.05, 0) is 18.4 Å². The quantitative estimate of drug-likeness (QED) is 0.423. The average molecular weight is 137 g/mol. The van der Waals surface area contributed by atoms with Crippen LogP contribution >= 0.6 is 0 Å². The van der Waals surface area contributed by atoms with Crippen molar-refractivity contribution < 1.29 is 9.59 Å². The Morgan fingerprint density at radius 3 is 2.20 bits per heavy atom. The van der Waals surface area contributed by atoms with Gasteiger partial charge >= 0.3 is 0 Å². The van der Waals surface area contributed by atoms with Gasteiger partial charge in [0, 0.05) is 0 Å². The van der Waals surface area contributed by atoms with Crippen LogP contribution in [0.25, 0.3) is 0 Å². The van der Waals surface area contributed by atoms with Gasteiger partial charge in [0.2, 0.25) is 0 Å². The second-order valence-corrected chi connectivity index (χ2v) is 2.03. The lowest BCUT2D eigenvalue weighted by atomic mass is 10.0. The molecule has 0 aromatic rings. The number of allylic oxidation sites excluding steroid dienone is 2. The number of hydrogen-bond donors (Lipinski definition) is 1. The lowest BCUT2D eigenvalue weighted by molar-refractivity contribution is -0.119. The molecule has 1 aliphatic rings. The van der Waals surface area contributed by atoms with E-state index in [9.17, 15) is 9.59 Å². The molecule has 0 saturated heterocycles. The van der Waals surface area contributed by atoms with Crippen molar-refractivity contribution in [3.8, 4) is 0 Å². The molecule has 0 saturated carbocycles. The third kappa shape index (κ3) is 0.978. The fourth-order valence-electron chi connectivity index (χ4n) is 0.685. The smallest absolute Gasteiger partial charge is 0.168 e. The molecule has 52 valence electrons. The van der Waals surface area contributed by atoms with Crippen LogP contribution in [-0.2, 0) is 9.59 Å². The van der Waals surface area contributed by atoms with Crippen LogP contribution in [0.2, 0.25) is 0 Å². The van der Waals surface area contributed by atoms with E-state index < -0.39 is 5.54 Å². The Kier molecular flexibility index (Phi) is 1.67. The largest absolute Gasteiger partial charge is 0.370 e. The molecule has 0 radical (unpaired) electrons. The standard InChI is InChI=1S/C7H7NO2/c9-5-7(6-10)3-1-2-4-8-7/h1-6,8H. The molecule has 10 heavy (non-hydrogen) atoms. The van der Waals surface area contributed by atoms with Gasteiger partial charge in [0.15, 0.2) is 18.1 Å². The normalized spacial score (nSPS) is 19.6. The monoisotopic (exact) mass is 137 g/mol. The van der Waals surface area contributed by atoms with Crippen LogP contribution in [0.15, 0.2) is 24.4 Å². The Morgan fingerprint density at radius 2 is 1.90 bits per heavy atom. The first kappa shape index (κ1) is 6.74. The zero-order valence-electron chi connectivity index (χ0n) is 5.28. The first-order chi connectivity index (χ1) is 4.83. The molecule has 0 aromatic carbocycles. The fraction of sp³-hybridized carbons (Fsp3) is 0.143. The van der Waals surface area contributed by atoms with Crippen molar-refractivity contribution in [3.05, 3.63) is 24.4 Å². The lowest BCUT2D eigenvalue weighted by Crippen LogP contribution is -2.44. The minimum Gasteiger partial charge on any atom is -0.370 e. The molecule has 0 amide bonds. The number of aldehydes is 2. The predicted octanol–water partition coefficient (Wildman–Crippen LogP) is -0.204. The summed E-state index contributed by atoms with van der Waals surface area (Å²) in [5, 5.41) is 2.63. The van der Waals surface area contributed by atoms with Gasteiger partial charge in [-0.2, -0.15) is 0 Å². The van der Waals surface area contributed by atoms with Gasteiger partial charge in [-0.15, -0.1) is 0 Å². The van der Waals surface area contributed by atoms with Crippen LogP contribution in [0.1, 0.15) is 0 Å². The molecule has 0 bridgehead atoms. The highest BCUT2D eigenvalue weighted by molar-refractivity contribution is 5.92. The molecular formula is C7H7NO2. The first-order valence-corrected chi connectivity index (χ1v) is 2.88. The summed E-state index contributed by atoms with van der Waals surface area (Å²) < 4.78 is 0. The number of carbonyl (C=O) groups is 2. The van der Waals surface area contributed by atoms with E-state index in [4.69, 9.17) is 0 Å². The predicted molar refractivity (Wildman–Crippen MR) is 36.3 cm³/mol. The summed E-state index contributed by atoms with van der Waals surface area (Å²) in [6.07, 6.45) is 7.57. The van der Waals surface area contributed by atoms with E-state index >= 15 is 0 Å². The Labute approximate surface area is 58.4 Å². The molecule has 0 aliphatic carbocycles. The van der Waals surface area contributed by atoms with Crippen LogP contribution in [0.5, 0.6) is 0 Å². The minimum atomic E-state index is -1.12. The summed E-state index contributed by atoms with van der Waals surface area (Å²) in [5.41, 5.74) is -1.12.